The number of benzene rings is 2. The summed E-state index contributed by atoms with van der Waals surface area (Å²) in [4.78, 5) is 0.244. The third-order valence-corrected chi connectivity index (χ3v) is 6.39. The zero-order valence-electron chi connectivity index (χ0n) is 15.2. The Labute approximate surface area is 153 Å². The summed E-state index contributed by atoms with van der Waals surface area (Å²) >= 11 is 0. The summed E-state index contributed by atoms with van der Waals surface area (Å²) in [5.41, 5.74) is 1.11. The Bertz CT molecular complexity index is 835. The molecule has 0 heterocycles. The number of nitrogens with zero attached hydrogens (tertiary/aromatic N) is 1. The molecule has 2 aromatic rings. The van der Waals surface area contributed by atoms with Gasteiger partial charge in [-0.3, -0.25) is 0 Å². The Morgan fingerprint density at radius 1 is 1.04 bits per heavy atom. The van der Waals surface area contributed by atoms with Gasteiger partial charge in [0.05, 0.1) is 4.90 Å². The molecule has 0 aliphatic heterocycles. The molecule has 2 rings (SSSR count). The topological polar surface area (TPSA) is 49.4 Å². The van der Waals surface area contributed by atoms with E-state index in [0.717, 1.165) is 23.8 Å². The zero-order chi connectivity index (χ0) is 19.3. The third-order valence-electron chi connectivity index (χ3n) is 4.33. The third kappa shape index (κ3) is 4.66. The number of rotatable bonds is 8. The van der Waals surface area contributed by atoms with E-state index in [4.69, 9.17) is 0 Å². The lowest BCUT2D eigenvalue weighted by Crippen LogP contribution is -2.30. The number of hydrogen-bond donors (Lipinski definition) is 1. The predicted octanol–water partition coefficient (Wildman–Crippen LogP) is 3.85. The molecule has 0 saturated heterocycles. The molecule has 0 spiro atoms. The van der Waals surface area contributed by atoms with Crippen molar-refractivity contribution in [1.29, 1.82) is 0 Å². The first-order valence-electron chi connectivity index (χ1n) is 8.57. The summed E-state index contributed by atoms with van der Waals surface area (Å²) in [6.07, 6.45) is 0. The number of nitrogens with one attached hydrogen (secondary N) is 1. The van der Waals surface area contributed by atoms with Crippen molar-refractivity contribution in [3.05, 3.63) is 65.2 Å². The van der Waals surface area contributed by atoms with Crippen molar-refractivity contribution in [3.8, 4) is 0 Å². The molecule has 0 saturated carbocycles. The highest BCUT2D eigenvalue weighted by Crippen LogP contribution is 2.20. The monoisotopic (exact) mass is 382 g/mol. The van der Waals surface area contributed by atoms with E-state index in [-0.39, 0.29) is 23.0 Å². The van der Waals surface area contributed by atoms with Gasteiger partial charge in [0.15, 0.2) is 0 Å². The molecule has 0 bridgehead atoms. The highest BCUT2D eigenvalue weighted by atomic mass is 32.2. The SMILES string of the molecule is CCN(CC)S(=O)(=O)c1ccc(C(C)NCc2cc(F)ccc2F)cc1. The van der Waals surface area contributed by atoms with Crippen molar-refractivity contribution in [3.63, 3.8) is 0 Å². The van der Waals surface area contributed by atoms with Crippen LogP contribution in [0.2, 0.25) is 0 Å². The van der Waals surface area contributed by atoms with Gasteiger partial charge in [0.25, 0.3) is 0 Å². The van der Waals surface area contributed by atoms with Gasteiger partial charge in [-0.05, 0) is 42.8 Å². The van der Waals surface area contributed by atoms with E-state index in [1.807, 2.05) is 6.92 Å². The van der Waals surface area contributed by atoms with Crippen LogP contribution < -0.4 is 5.32 Å². The van der Waals surface area contributed by atoms with Gasteiger partial charge in [0, 0.05) is 31.2 Å². The highest BCUT2D eigenvalue weighted by Gasteiger charge is 2.21. The highest BCUT2D eigenvalue weighted by molar-refractivity contribution is 7.89. The molecular weight excluding hydrogens is 358 g/mol. The summed E-state index contributed by atoms with van der Waals surface area (Å²) in [5, 5.41) is 3.12. The first kappa shape index (κ1) is 20.5. The van der Waals surface area contributed by atoms with Crippen LogP contribution >= 0.6 is 0 Å². The number of hydrogen-bond acceptors (Lipinski definition) is 3. The average Bonchev–Trinajstić information content (AvgIpc) is 2.63. The molecule has 7 heteroatoms. The van der Waals surface area contributed by atoms with Crippen LogP contribution in [0.25, 0.3) is 0 Å². The average molecular weight is 382 g/mol. The molecular formula is C19H24F2N2O2S. The quantitative estimate of drug-likeness (QED) is 0.755. The first-order valence-corrected chi connectivity index (χ1v) is 10.0. The minimum Gasteiger partial charge on any atom is -0.306 e. The van der Waals surface area contributed by atoms with Crippen LogP contribution in [0.3, 0.4) is 0 Å². The molecule has 0 aliphatic rings. The summed E-state index contributed by atoms with van der Waals surface area (Å²) in [6.45, 7) is 6.48. The smallest absolute Gasteiger partial charge is 0.243 e. The van der Waals surface area contributed by atoms with E-state index in [1.165, 1.54) is 4.31 Å². The lowest BCUT2D eigenvalue weighted by molar-refractivity contribution is 0.445. The van der Waals surface area contributed by atoms with Crippen molar-refractivity contribution < 1.29 is 17.2 Å². The summed E-state index contributed by atoms with van der Waals surface area (Å²) in [7, 11) is -3.49. The fourth-order valence-electron chi connectivity index (χ4n) is 2.70. The van der Waals surface area contributed by atoms with Crippen LogP contribution in [-0.2, 0) is 16.6 Å². The van der Waals surface area contributed by atoms with Gasteiger partial charge in [0.2, 0.25) is 10.0 Å². The summed E-state index contributed by atoms with van der Waals surface area (Å²) in [6, 6.07) is 9.80. The van der Waals surface area contributed by atoms with Crippen LogP contribution in [-0.4, -0.2) is 25.8 Å². The van der Waals surface area contributed by atoms with Gasteiger partial charge < -0.3 is 5.32 Å². The molecule has 2 aromatic carbocycles. The maximum Gasteiger partial charge on any atom is 0.243 e. The maximum atomic E-state index is 13.7. The number of sulfonamides is 1. The molecule has 1 unspecified atom stereocenters. The molecule has 1 N–H and O–H groups in total. The Balaban J connectivity index is 2.09. The van der Waals surface area contributed by atoms with Crippen molar-refractivity contribution in [2.45, 2.75) is 38.3 Å². The zero-order valence-corrected chi connectivity index (χ0v) is 16.0. The van der Waals surface area contributed by atoms with Gasteiger partial charge in [-0.15, -0.1) is 0 Å². The summed E-state index contributed by atoms with van der Waals surface area (Å²) < 4.78 is 53.3. The van der Waals surface area contributed by atoms with Crippen molar-refractivity contribution >= 4 is 10.0 Å². The van der Waals surface area contributed by atoms with E-state index in [1.54, 1.807) is 38.1 Å². The Morgan fingerprint density at radius 2 is 1.65 bits per heavy atom. The molecule has 1 atom stereocenters. The minimum atomic E-state index is -3.49. The van der Waals surface area contributed by atoms with E-state index in [0.29, 0.717) is 13.1 Å². The van der Waals surface area contributed by atoms with E-state index < -0.39 is 21.7 Å². The van der Waals surface area contributed by atoms with E-state index in [2.05, 4.69) is 5.32 Å². The van der Waals surface area contributed by atoms with Crippen molar-refractivity contribution in [2.75, 3.05) is 13.1 Å². The van der Waals surface area contributed by atoms with Crippen LogP contribution in [0.1, 0.15) is 37.9 Å². The fraction of sp³-hybridized carbons (Fsp3) is 0.368. The first-order chi connectivity index (χ1) is 12.3. The summed E-state index contributed by atoms with van der Waals surface area (Å²) in [5.74, 6) is -0.950. The molecule has 26 heavy (non-hydrogen) atoms. The molecule has 0 radical (unpaired) electrons. The van der Waals surface area contributed by atoms with Gasteiger partial charge in [-0.1, -0.05) is 26.0 Å². The Hall–Kier alpha value is -1.83. The molecule has 0 fully saturated rings. The van der Waals surface area contributed by atoms with Gasteiger partial charge in [0.1, 0.15) is 11.6 Å². The maximum absolute atomic E-state index is 13.7. The molecule has 0 aromatic heterocycles. The van der Waals surface area contributed by atoms with E-state index in [9.17, 15) is 17.2 Å². The van der Waals surface area contributed by atoms with E-state index >= 15 is 0 Å². The molecule has 4 nitrogen and oxygen atoms in total. The van der Waals surface area contributed by atoms with Crippen LogP contribution in [0.4, 0.5) is 8.78 Å². The Kier molecular flexibility index (Phi) is 6.86. The van der Waals surface area contributed by atoms with Crippen LogP contribution in [0.5, 0.6) is 0 Å². The number of halogens is 2. The van der Waals surface area contributed by atoms with Crippen molar-refractivity contribution in [2.24, 2.45) is 0 Å². The molecule has 0 aliphatic carbocycles. The minimum absolute atomic E-state index is 0.150. The van der Waals surface area contributed by atoms with Gasteiger partial charge >= 0.3 is 0 Å². The van der Waals surface area contributed by atoms with Crippen LogP contribution in [0, 0.1) is 11.6 Å². The molecule has 142 valence electrons. The normalized spacial score (nSPS) is 13.2. The largest absolute Gasteiger partial charge is 0.306 e. The second-order valence-electron chi connectivity index (χ2n) is 6.00. The van der Waals surface area contributed by atoms with Gasteiger partial charge in [-0.25, -0.2) is 17.2 Å². The second kappa shape index (κ2) is 8.70. The Morgan fingerprint density at radius 3 is 2.23 bits per heavy atom. The second-order valence-corrected chi connectivity index (χ2v) is 7.93. The standard InChI is InChI=1S/C19H24F2N2O2S/c1-4-23(5-2)26(24,25)18-9-6-15(7-10-18)14(3)22-13-16-12-17(20)8-11-19(16)21/h6-12,14,22H,4-5,13H2,1-3H3. The fourth-order valence-corrected chi connectivity index (χ4v) is 4.16. The van der Waals surface area contributed by atoms with Gasteiger partial charge in [-0.2, -0.15) is 4.31 Å². The molecule has 0 amide bonds. The lowest BCUT2D eigenvalue weighted by Gasteiger charge is -2.19. The van der Waals surface area contributed by atoms with Crippen LogP contribution in [0.15, 0.2) is 47.4 Å². The van der Waals surface area contributed by atoms with Crippen molar-refractivity contribution in [1.82, 2.24) is 9.62 Å². The lowest BCUT2D eigenvalue weighted by atomic mass is 10.1. The predicted molar refractivity (Wildman–Crippen MR) is 98.2 cm³/mol.